The summed E-state index contributed by atoms with van der Waals surface area (Å²) in [5.74, 6) is 0.706. The largest absolute Gasteiger partial charge is 0.391 e. The van der Waals surface area contributed by atoms with Gasteiger partial charge in [-0.15, -0.1) is 0 Å². The van der Waals surface area contributed by atoms with Crippen molar-refractivity contribution in [2.45, 2.75) is 83.3 Å². The van der Waals surface area contributed by atoms with Gasteiger partial charge in [-0.3, -0.25) is 0 Å². The molecule has 1 N–H and O–H groups in total. The standard InChI is InChI=1S/C16H33NO/c1-5-7-10-14(6-2)13-15(18)16(17(3)4)11-8-9-12-16/h14-15,18H,5-13H2,1-4H3. The van der Waals surface area contributed by atoms with Gasteiger partial charge in [-0.05, 0) is 39.3 Å². The molecule has 2 heteroatoms. The molecule has 1 rings (SSSR count). The zero-order valence-corrected chi connectivity index (χ0v) is 12.9. The monoisotopic (exact) mass is 255 g/mol. The molecule has 1 aliphatic carbocycles. The van der Waals surface area contributed by atoms with Crippen molar-refractivity contribution in [2.75, 3.05) is 14.1 Å². The lowest BCUT2D eigenvalue weighted by Gasteiger charge is -2.41. The van der Waals surface area contributed by atoms with Gasteiger partial charge in [-0.2, -0.15) is 0 Å². The van der Waals surface area contributed by atoms with Crippen LogP contribution in [0.2, 0.25) is 0 Å². The predicted molar refractivity (Wildman–Crippen MR) is 78.8 cm³/mol. The van der Waals surface area contributed by atoms with E-state index in [2.05, 4.69) is 32.8 Å². The number of likely N-dealkylation sites (N-methyl/N-ethyl adjacent to an activating group) is 1. The topological polar surface area (TPSA) is 23.5 Å². The van der Waals surface area contributed by atoms with Crippen LogP contribution < -0.4 is 0 Å². The maximum atomic E-state index is 10.7. The number of rotatable bonds is 8. The van der Waals surface area contributed by atoms with E-state index in [1.165, 1.54) is 51.4 Å². The SMILES string of the molecule is CCCCC(CC)CC(O)C1(N(C)C)CCCC1. The third-order valence-corrected chi connectivity index (χ3v) is 5.08. The highest BCUT2D eigenvalue weighted by atomic mass is 16.3. The van der Waals surface area contributed by atoms with Crippen LogP contribution in [0.25, 0.3) is 0 Å². The summed E-state index contributed by atoms with van der Waals surface area (Å²) in [4.78, 5) is 2.29. The highest BCUT2D eigenvalue weighted by Gasteiger charge is 2.42. The van der Waals surface area contributed by atoms with Crippen LogP contribution in [-0.2, 0) is 0 Å². The van der Waals surface area contributed by atoms with Gasteiger partial charge in [0, 0.05) is 5.54 Å². The number of hydrogen-bond acceptors (Lipinski definition) is 2. The molecule has 0 radical (unpaired) electrons. The van der Waals surface area contributed by atoms with Crippen molar-refractivity contribution >= 4 is 0 Å². The minimum absolute atomic E-state index is 0.0691. The lowest BCUT2D eigenvalue weighted by atomic mass is 9.81. The van der Waals surface area contributed by atoms with Crippen LogP contribution in [0.5, 0.6) is 0 Å². The Bertz CT molecular complexity index is 221. The quantitative estimate of drug-likeness (QED) is 0.712. The third kappa shape index (κ3) is 3.71. The Labute approximate surface area is 114 Å². The van der Waals surface area contributed by atoms with Gasteiger partial charge in [-0.25, -0.2) is 0 Å². The molecule has 0 spiro atoms. The third-order valence-electron chi connectivity index (χ3n) is 5.08. The highest BCUT2D eigenvalue weighted by molar-refractivity contribution is 4.98. The predicted octanol–water partition coefficient (Wildman–Crippen LogP) is 3.83. The number of aliphatic hydroxyl groups is 1. The van der Waals surface area contributed by atoms with E-state index in [0.717, 1.165) is 6.42 Å². The molecule has 1 aliphatic rings. The summed E-state index contributed by atoms with van der Waals surface area (Å²) in [6.45, 7) is 4.52. The summed E-state index contributed by atoms with van der Waals surface area (Å²) in [6.07, 6.45) is 10.8. The number of hydrogen-bond donors (Lipinski definition) is 1. The van der Waals surface area contributed by atoms with Gasteiger partial charge in [0.2, 0.25) is 0 Å². The Morgan fingerprint density at radius 3 is 2.22 bits per heavy atom. The number of unbranched alkanes of at least 4 members (excludes halogenated alkanes) is 1. The van der Waals surface area contributed by atoms with Crippen LogP contribution in [-0.4, -0.2) is 35.7 Å². The molecule has 1 saturated carbocycles. The second-order valence-electron chi connectivity index (χ2n) is 6.37. The fourth-order valence-electron chi connectivity index (χ4n) is 3.58. The first-order valence-corrected chi connectivity index (χ1v) is 7.92. The summed E-state index contributed by atoms with van der Waals surface area (Å²) in [6, 6.07) is 0. The molecular weight excluding hydrogens is 222 g/mol. The molecular formula is C16H33NO. The van der Waals surface area contributed by atoms with Crippen molar-refractivity contribution in [2.24, 2.45) is 5.92 Å². The molecule has 0 saturated heterocycles. The molecule has 18 heavy (non-hydrogen) atoms. The molecule has 0 aromatic heterocycles. The van der Waals surface area contributed by atoms with Gasteiger partial charge in [0.05, 0.1) is 6.10 Å². The minimum Gasteiger partial charge on any atom is -0.391 e. The second kappa shape index (κ2) is 7.49. The molecule has 1 fully saturated rings. The van der Waals surface area contributed by atoms with Gasteiger partial charge in [0.15, 0.2) is 0 Å². The van der Waals surface area contributed by atoms with E-state index in [1.54, 1.807) is 0 Å². The Kier molecular flexibility index (Phi) is 6.65. The first kappa shape index (κ1) is 16.0. The highest BCUT2D eigenvalue weighted by Crippen LogP contribution is 2.39. The first-order chi connectivity index (χ1) is 8.56. The Morgan fingerprint density at radius 1 is 1.17 bits per heavy atom. The lowest BCUT2D eigenvalue weighted by molar-refractivity contribution is -0.0180. The van der Waals surface area contributed by atoms with E-state index in [9.17, 15) is 5.11 Å². The van der Waals surface area contributed by atoms with E-state index in [4.69, 9.17) is 0 Å². The Morgan fingerprint density at radius 2 is 1.78 bits per heavy atom. The zero-order chi connectivity index (χ0) is 13.6. The lowest BCUT2D eigenvalue weighted by Crippen LogP contribution is -2.52. The van der Waals surface area contributed by atoms with Crippen LogP contribution in [0, 0.1) is 5.92 Å². The molecule has 0 amide bonds. The zero-order valence-electron chi connectivity index (χ0n) is 12.9. The van der Waals surface area contributed by atoms with Crippen molar-refractivity contribution in [3.8, 4) is 0 Å². The second-order valence-corrected chi connectivity index (χ2v) is 6.37. The normalized spacial score (nSPS) is 22.3. The van der Waals surface area contributed by atoms with Gasteiger partial charge >= 0.3 is 0 Å². The minimum atomic E-state index is -0.142. The van der Waals surface area contributed by atoms with Crippen molar-refractivity contribution in [1.29, 1.82) is 0 Å². The summed E-state index contributed by atoms with van der Waals surface area (Å²) in [5, 5.41) is 10.7. The fraction of sp³-hybridized carbons (Fsp3) is 1.00. The van der Waals surface area contributed by atoms with Crippen molar-refractivity contribution in [1.82, 2.24) is 4.90 Å². The molecule has 0 aliphatic heterocycles. The summed E-state index contributed by atoms with van der Waals surface area (Å²) in [5.41, 5.74) is 0.0691. The number of aliphatic hydroxyl groups excluding tert-OH is 1. The molecule has 2 atom stereocenters. The average molecular weight is 255 g/mol. The maximum Gasteiger partial charge on any atom is 0.0726 e. The summed E-state index contributed by atoms with van der Waals surface area (Å²) < 4.78 is 0. The molecule has 108 valence electrons. The Hall–Kier alpha value is -0.0800. The molecule has 2 unspecified atom stereocenters. The smallest absolute Gasteiger partial charge is 0.0726 e. The van der Waals surface area contributed by atoms with Gasteiger partial charge < -0.3 is 10.0 Å². The molecule has 0 aromatic rings. The average Bonchev–Trinajstić information content (AvgIpc) is 2.84. The summed E-state index contributed by atoms with van der Waals surface area (Å²) >= 11 is 0. The van der Waals surface area contributed by atoms with Crippen LogP contribution in [0.15, 0.2) is 0 Å². The Balaban J connectivity index is 2.57. The van der Waals surface area contributed by atoms with Crippen LogP contribution in [0.4, 0.5) is 0 Å². The van der Waals surface area contributed by atoms with E-state index in [-0.39, 0.29) is 11.6 Å². The molecule has 0 heterocycles. The van der Waals surface area contributed by atoms with E-state index in [1.807, 2.05) is 0 Å². The molecule has 2 nitrogen and oxygen atoms in total. The van der Waals surface area contributed by atoms with Crippen LogP contribution >= 0.6 is 0 Å². The van der Waals surface area contributed by atoms with Gasteiger partial charge in [0.25, 0.3) is 0 Å². The fourth-order valence-corrected chi connectivity index (χ4v) is 3.58. The molecule has 0 aromatic carbocycles. The van der Waals surface area contributed by atoms with E-state index in [0.29, 0.717) is 5.92 Å². The summed E-state index contributed by atoms with van der Waals surface area (Å²) in [7, 11) is 4.28. The van der Waals surface area contributed by atoms with E-state index >= 15 is 0 Å². The maximum absolute atomic E-state index is 10.7. The van der Waals surface area contributed by atoms with Crippen molar-refractivity contribution in [3.63, 3.8) is 0 Å². The van der Waals surface area contributed by atoms with Crippen LogP contribution in [0.3, 0.4) is 0 Å². The van der Waals surface area contributed by atoms with E-state index < -0.39 is 0 Å². The van der Waals surface area contributed by atoms with Gasteiger partial charge in [-0.1, -0.05) is 52.4 Å². The van der Waals surface area contributed by atoms with Crippen LogP contribution in [0.1, 0.15) is 71.6 Å². The van der Waals surface area contributed by atoms with Crippen molar-refractivity contribution in [3.05, 3.63) is 0 Å². The van der Waals surface area contributed by atoms with Gasteiger partial charge in [0.1, 0.15) is 0 Å². The molecule has 0 bridgehead atoms. The van der Waals surface area contributed by atoms with Crippen molar-refractivity contribution < 1.29 is 5.11 Å². The number of nitrogens with zero attached hydrogens (tertiary/aromatic N) is 1. The first-order valence-electron chi connectivity index (χ1n) is 7.92.